The number of halogens is 1. The minimum absolute atomic E-state index is 0.0562. The maximum Gasteiger partial charge on any atom is 0.270 e. The van der Waals surface area contributed by atoms with Crippen LogP contribution in [-0.4, -0.2) is 79.8 Å². The lowest BCUT2D eigenvalue weighted by Gasteiger charge is -2.31. The zero-order valence-corrected chi connectivity index (χ0v) is 26.5. The lowest BCUT2D eigenvalue weighted by molar-refractivity contribution is 0.0980. The molecule has 2 N–H and O–H groups in total. The summed E-state index contributed by atoms with van der Waals surface area (Å²) in [6.07, 6.45) is 6.87. The summed E-state index contributed by atoms with van der Waals surface area (Å²) in [5, 5.41) is 3.21. The van der Waals surface area contributed by atoms with E-state index in [1.807, 2.05) is 4.72 Å². The molecule has 236 valence electrons. The topological polar surface area (TPSA) is 134 Å². The highest BCUT2D eigenvalue weighted by Gasteiger charge is 2.43. The number of sulfonamides is 1. The molecule has 3 aliphatic rings. The average molecular weight is 643 g/mol. The molecule has 12 nitrogen and oxygen atoms in total. The molecule has 1 aromatic carbocycles. The van der Waals surface area contributed by atoms with Crippen LogP contribution in [0.1, 0.15) is 28.0 Å². The number of carbonyl (C=O) groups excluding carboxylic acids is 1. The smallest absolute Gasteiger partial charge is 0.270 e. The Bertz CT molecular complexity index is 2210. The fraction of sp³-hybridized carbons (Fsp3) is 0.344. The number of pyridine rings is 3. The molecule has 2 saturated heterocycles. The van der Waals surface area contributed by atoms with E-state index in [9.17, 15) is 18.0 Å². The summed E-state index contributed by atoms with van der Waals surface area (Å²) >= 11 is 0. The molecular weight excluding hydrogens is 611 g/mol. The van der Waals surface area contributed by atoms with Gasteiger partial charge in [0, 0.05) is 92.7 Å². The first-order valence-electron chi connectivity index (χ1n) is 14.8. The first-order valence-corrected chi connectivity index (χ1v) is 16.7. The van der Waals surface area contributed by atoms with Crippen LogP contribution in [0, 0.1) is 18.3 Å². The molecule has 0 spiro atoms. The Morgan fingerprint density at radius 2 is 1.93 bits per heavy atom. The summed E-state index contributed by atoms with van der Waals surface area (Å²) in [6.45, 7) is 10.5. The lowest BCUT2D eigenvalue weighted by atomic mass is 9.95. The highest BCUT2D eigenvalue weighted by atomic mass is 32.2. The predicted molar refractivity (Wildman–Crippen MR) is 173 cm³/mol. The van der Waals surface area contributed by atoms with E-state index in [1.54, 1.807) is 32.6 Å². The van der Waals surface area contributed by atoms with Gasteiger partial charge in [-0.2, -0.15) is 0 Å². The summed E-state index contributed by atoms with van der Waals surface area (Å²) < 4.78 is 42.3. The zero-order chi connectivity index (χ0) is 32.7. The second-order valence-electron chi connectivity index (χ2n) is 12.3. The second kappa shape index (κ2) is 10.6. The van der Waals surface area contributed by atoms with Gasteiger partial charge in [-0.3, -0.25) is 14.6 Å². The number of fused-ring (bicyclic) bond motifs is 5. The van der Waals surface area contributed by atoms with Gasteiger partial charge < -0.3 is 19.7 Å². The fourth-order valence-electron chi connectivity index (χ4n) is 7.42. The number of aromatic nitrogens is 3. The minimum atomic E-state index is -3.91. The quantitative estimate of drug-likeness (QED) is 0.278. The van der Waals surface area contributed by atoms with Crippen molar-refractivity contribution in [2.45, 2.75) is 18.9 Å². The largest absolute Gasteiger partial charge is 0.388 e. The first-order chi connectivity index (χ1) is 21.9. The predicted octanol–water partition coefficient (Wildman–Crippen LogP) is 3.13. The number of aryl methyl sites for hydroxylation is 1. The number of likely N-dealkylation sites (tertiary alicyclic amines) is 1. The molecule has 2 fully saturated rings. The van der Waals surface area contributed by atoms with Gasteiger partial charge in [0.2, 0.25) is 21.1 Å². The number of carbonyl (C=O) groups is 1. The Morgan fingerprint density at radius 3 is 2.65 bits per heavy atom. The molecule has 1 aliphatic carbocycles. The molecule has 2 atom stereocenters. The molecular formula is C32H31FN8O4S. The number of hydrogen-bond acceptors (Lipinski definition) is 9. The van der Waals surface area contributed by atoms with Gasteiger partial charge in [0.1, 0.15) is 17.0 Å². The van der Waals surface area contributed by atoms with Gasteiger partial charge in [-0.1, -0.05) is 0 Å². The van der Waals surface area contributed by atoms with Gasteiger partial charge in [0.15, 0.2) is 0 Å². The highest BCUT2D eigenvalue weighted by Crippen LogP contribution is 2.54. The van der Waals surface area contributed by atoms with Crippen LogP contribution in [0.3, 0.4) is 0 Å². The van der Waals surface area contributed by atoms with Crippen LogP contribution in [0.2, 0.25) is 0 Å². The first kappa shape index (κ1) is 29.8. The third-order valence-corrected chi connectivity index (χ3v) is 9.89. The molecule has 5 heterocycles. The minimum Gasteiger partial charge on any atom is -0.388 e. The number of likely N-dealkylation sites (N-methyl/N-ethyl adjacent to an activating group) is 1. The Kier molecular flexibility index (Phi) is 6.87. The SMILES string of the molecule is [C-]#[N+]c1c(F)cc(NC)c2c1-c1c(ncc(-c3cnc4c(c3)c(=O)c(C(=O)NS(C)(=O)=O)cn4C)c1N1CC[C@H]3CN(C)C[C@H]31)C2. The maximum absolute atomic E-state index is 15.4. The van der Waals surface area contributed by atoms with Gasteiger partial charge in [0.05, 0.1) is 29.6 Å². The molecule has 0 bridgehead atoms. The molecule has 1 amide bonds. The molecule has 7 rings (SSSR count). The van der Waals surface area contributed by atoms with E-state index in [2.05, 4.69) is 32.0 Å². The summed E-state index contributed by atoms with van der Waals surface area (Å²) in [5.74, 6) is -1.21. The van der Waals surface area contributed by atoms with Crippen LogP contribution >= 0.6 is 0 Å². The van der Waals surface area contributed by atoms with E-state index in [-0.39, 0.29) is 22.7 Å². The number of benzene rings is 1. The number of nitrogens with one attached hydrogen (secondary N) is 2. The molecule has 0 radical (unpaired) electrons. The van der Waals surface area contributed by atoms with Crippen molar-refractivity contribution in [3.05, 3.63) is 75.0 Å². The number of hydrogen-bond donors (Lipinski definition) is 2. The average Bonchev–Trinajstić information content (AvgIpc) is 3.69. The van der Waals surface area contributed by atoms with Gasteiger partial charge in [0.25, 0.3) is 5.91 Å². The summed E-state index contributed by atoms with van der Waals surface area (Å²) in [6, 6.07) is 3.18. The van der Waals surface area contributed by atoms with E-state index < -0.39 is 27.2 Å². The molecule has 3 aromatic heterocycles. The highest BCUT2D eigenvalue weighted by molar-refractivity contribution is 7.89. The van der Waals surface area contributed by atoms with Crippen molar-refractivity contribution < 1.29 is 17.6 Å². The molecule has 14 heteroatoms. The van der Waals surface area contributed by atoms with Crippen LogP contribution in [-0.2, 0) is 23.5 Å². The van der Waals surface area contributed by atoms with Crippen LogP contribution in [0.4, 0.5) is 21.5 Å². The van der Waals surface area contributed by atoms with Crippen LogP contribution in [0.5, 0.6) is 0 Å². The summed E-state index contributed by atoms with van der Waals surface area (Å²) in [7, 11) is 1.52. The molecule has 2 aliphatic heterocycles. The van der Waals surface area contributed by atoms with E-state index >= 15 is 4.39 Å². The van der Waals surface area contributed by atoms with Crippen molar-refractivity contribution >= 4 is 44.0 Å². The van der Waals surface area contributed by atoms with Crippen molar-refractivity contribution in [3.8, 4) is 22.3 Å². The van der Waals surface area contributed by atoms with Crippen LogP contribution < -0.4 is 20.4 Å². The maximum atomic E-state index is 15.4. The molecule has 46 heavy (non-hydrogen) atoms. The Hall–Kier alpha value is -4.87. The normalized spacial score (nSPS) is 18.7. The summed E-state index contributed by atoms with van der Waals surface area (Å²) in [4.78, 5) is 44.1. The monoisotopic (exact) mass is 642 g/mol. The number of amides is 1. The van der Waals surface area contributed by atoms with E-state index in [1.165, 1.54) is 16.8 Å². The van der Waals surface area contributed by atoms with E-state index in [4.69, 9.17) is 11.6 Å². The third kappa shape index (κ3) is 4.61. The molecule has 4 aromatic rings. The molecule has 0 saturated carbocycles. The lowest BCUT2D eigenvalue weighted by Crippen LogP contribution is -2.35. The van der Waals surface area contributed by atoms with Gasteiger partial charge in [-0.05, 0) is 37.1 Å². The van der Waals surface area contributed by atoms with Crippen molar-refractivity contribution in [1.82, 2.24) is 24.2 Å². The number of anilines is 2. The Labute approximate surface area is 264 Å². The summed E-state index contributed by atoms with van der Waals surface area (Å²) in [5.41, 5.74) is 4.64. The fourth-order valence-corrected chi connectivity index (χ4v) is 7.87. The van der Waals surface area contributed by atoms with Gasteiger partial charge >= 0.3 is 0 Å². The molecule has 0 unspecified atom stereocenters. The van der Waals surface area contributed by atoms with Gasteiger partial charge in [-0.25, -0.2) is 27.4 Å². The van der Waals surface area contributed by atoms with Crippen molar-refractivity contribution in [3.63, 3.8) is 0 Å². The van der Waals surface area contributed by atoms with Crippen LogP contribution in [0.15, 0.2) is 35.5 Å². The van der Waals surface area contributed by atoms with Gasteiger partial charge in [-0.15, -0.1) is 0 Å². The van der Waals surface area contributed by atoms with E-state index in [0.717, 1.165) is 49.3 Å². The second-order valence-corrected chi connectivity index (χ2v) is 14.0. The standard InChI is InChI=1S/C32H31FN8O4S/c1-34-23-10-22(33)28(35-2)26-18(23)9-24-27(26)29(41-7-6-16-13-39(3)15-25(16)41)20(12-36-24)17-8-19-30(42)21(32(43)38-46(5,44)45)14-40(4)31(19)37-11-17/h8,10-12,14,16,25,34H,6-7,9,13,15H2,1,3-5H3,(H,38,43)/t16-,25+/m0/s1. The van der Waals surface area contributed by atoms with E-state index in [0.29, 0.717) is 45.9 Å². The number of nitrogens with zero attached hydrogens (tertiary/aromatic N) is 6. The Balaban J connectivity index is 1.50. The number of rotatable bonds is 5. The van der Waals surface area contributed by atoms with Crippen molar-refractivity contribution in [1.29, 1.82) is 0 Å². The zero-order valence-electron chi connectivity index (χ0n) is 25.7. The van der Waals surface area contributed by atoms with Crippen LogP contribution in [0.25, 0.3) is 38.1 Å². The van der Waals surface area contributed by atoms with Crippen molar-refractivity contribution in [2.75, 3.05) is 50.2 Å². The Morgan fingerprint density at radius 1 is 1.15 bits per heavy atom. The van der Waals surface area contributed by atoms with Crippen molar-refractivity contribution in [2.24, 2.45) is 13.0 Å². The third-order valence-electron chi connectivity index (χ3n) is 9.33.